The number of fused-ring (bicyclic) bond motifs is 2. The number of piperidine rings is 1. The van der Waals surface area contributed by atoms with Crippen LogP contribution >= 0.6 is 0 Å². The van der Waals surface area contributed by atoms with Crippen LogP contribution in [0.5, 0.6) is 0 Å². The summed E-state index contributed by atoms with van der Waals surface area (Å²) in [4.78, 5) is 4.75. The third-order valence-electron chi connectivity index (χ3n) is 7.03. The first-order valence-electron chi connectivity index (χ1n) is 11.8. The van der Waals surface area contributed by atoms with Crippen LogP contribution < -0.4 is 10.0 Å². The maximum atomic E-state index is 13.0. The van der Waals surface area contributed by atoms with Gasteiger partial charge in [0, 0.05) is 31.3 Å². The minimum absolute atomic E-state index is 0.260. The van der Waals surface area contributed by atoms with Gasteiger partial charge < -0.3 is 14.8 Å². The summed E-state index contributed by atoms with van der Waals surface area (Å²) in [6.07, 6.45) is 3.20. The summed E-state index contributed by atoms with van der Waals surface area (Å²) in [5, 5.41) is 4.43. The van der Waals surface area contributed by atoms with Gasteiger partial charge >= 0.3 is 10.2 Å². The third kappa shape index (κ3) is 4.13. The lowest BCUT2D eigenvalue weighted by Crippen LogP contribution is -2.48. The van der Waals surface area contributed by atoms with E-state index in [1.807, 2.05) is 24.3 Å². The summed E-state index contributed by atoms with van der Waals surface area (Å²) in [6.45, 7) is 1.87. The number of aromatic nitrogens is 1. The Hall–Kier alpha value is -2.72. The Balaban J connectivity index is 1.14. The van der Waals surface area contributed by atoms with Gasteiger partial charge in [-0.05, 0) is 54.3 Å². The molecule has 178 valence electrons. The second-order valence-corrected chi connectivity index (χ2v) is 10.8. The first kappa shape index (κ1) is 21.8. The molecule has 0 unspecified atom stereocenters. The molecular weight excluding hydrogens is 452 g/mol. The van der Waals surface area contributed by atoms with Crippen molar-refractivity contribution in [2.24, 2.45) is 0 Å². The highest BCUT2D eigenvalue weighted by Crippen LogP contribution is 2.34. The molecule has 2 aromatic carbocycles. The van der Waals surface area contributed by atoms with Crippen LogP contribution in [-0.4, -0.2) is 49.8 Å². The molecule has 1 aromatic heterocycles. The van der Waals surface area contributed by atoms with E-state index in [1.54, 1.807) is 6.07 Å². The summed E-state index contributed by atoms with van der Waals surface area (Å²) in [5.41, 5.74) is 4.07. The molecule has 2 N–H and O–H groups in total. The van der Waals surface area contributed by atoms with E-state index in [0.717, 1.165) is 29.6 Å². The molecule has 3 heterocycles. The second-order valence-electron chi connectivity index (χ2n) is 9.15. The number of anilines is 2. The average Bonchev–Trinajstić information content (AvgIpc) is 3.47. The van der Waals surface area contributed by atoms with Gasteiger partial charge in [0.05, 0.1) is 30.5 Å². The van der Waals surface area contributed by atoms with Crippen molar-refractivity contribution in [1.29, 1.82) is 0 Å². The number of pyridine rings is 1. The fraction of sp³-hybridized carbons (Fsp3) is 0.400. The molecule has 1 aliphatic carbocycles. The number of ether oxygens (including phenoxy) is 2. The van der Waals surface area contributed by atoms with Crippen LogP contribution in [0.4, 0.5) is 11.5 Å². The molecule has 0 saturated carbocycles. The molecule has 2 aliphatic heterocycles. The molecule has 1 spiro atoms. The quantitative estimate of drug-likeness (QED) is 0.577. The molecule has 0 amide bonds. The van der Waals surface area contributed by atoms with Crippen molar-refractivity contribution in [2.45, 2.75) is 37.5 Å². The Labute approximate surface area is 199 Å². The van der Waals surface area contributed by atoms with Gasteiger partial charge in [-0.1, -0.05) is 24.3 Å². The molecule has 9 heteroatoms. The fourth-order valence-electron chi connectivity index (χ4n) is 5.22. The van der Waals surface area contributed by atoms with Gasteiger partial charge in [0.1, 0.15) is 5.82 Å². The summed E-state index contributed by atoms with van der Waals surface area (Å²) >= 11 is 0. The standard InChI is InChI=1S/C25H28N4O4S/c30-34(31,29-13-11-25(12-14-29)32-15-16-33-25)28-20-7-9-22-19(17-20)6-10-24(26-22)27-23-8-5-18-3-1-2-4-21(18)23/h1-4,6-7,9-10,17,23,28H,5,8,11-16H2,(H,26,27)/t23-/m1/s1. The largest absolute Gasteiger partial charge is 0.363 e. The van der Waals surface area contributed by atoms with Crippen molar-refractivity contribution in [3.63, 3.8) is 0 Å². The van der Waals surface area contributed by atoms with Crippen LogP contribution in [0.2, 0.25) is 0 Å². The number of benzene rings is 2. The van der Waals surface area contributed by atoms with Crippen LogP contribution in [0.25, 0.3) is 10.9 Å². The lowest BCUT2D eigenvalue weighted by molar-refractivity contribution is -0.179. The Kier molecular flexibility index (Phi) is 5.44. The first-order chi connectivity index (χ1) is 16.5. The summed E-state index contributed by atoms with van der Waals surface area (Å²) in [5.74, 6) is 0.216. The van der Waals surface area contributed by atoms with E-state index in [4.69, 9.17) is 14.5 Å². The highest BCUT2D eigenvalue weighted by molar-refractivity contribution is 7.90. The molecule has 8 nitrogen and oxygen atoms in total. The van der Waals surface area contributed by atoms with E-state index in [1.165, 1.54) is 15.4 Å². The highest BCUT2D eigenvalue weighted by Gasteiger charge is 2.42. The minimum atomic E-state index is -3.66. The van der Waals surface area contributed by atoms with E-state index in [-0.39, 0.29) is 6.04 Å². The Morgan fingerprint density at radius 2 is 1.79 bits per heavy atom. The van der Waals surface area contributed by atoms with Gasteiger partial charge in [-0.3, -0.25) is 4.72 Å². The molecule has 34 heavy (non-hydrogen) atoms. The number of rotatable bonds is 5. The third-order valence-corrected chi connectivity index (χ3v) is 8.57. The van der Waals surface area contributed by atoms with Crippen LogP contribution in [-0.2, 0) is 26.1 Å². The molecule has 2 saturated heterocycles. The van der Waals surface area contributed by atoms with Crippen LogP contribution in [0, 0.1) is 0 Å². The van der Waals surface area contributed by atoms with Crippen molar-refractivity contribution < 1.29 is 17.9 Å². The molecular formula is C25H28N4O4S. The Bertz CT molecular complexity index is 1310. The normalized spacial score (nSPS) is 22.2. The van der Waals surface area contributed by atoms with Crippen molar-refractivity contribution in [3.8, 4) is 0 Å². The maximum Gasteiger partial charge on any atom is 0.301 e. The first-order valence-corrected chi connectivity index (χ1v) is 13.2. The lowest BCUT2D eigenvalue weighted by Gasteiger charge is -2.36. The molecule has 3 aliphatic rings. The SMILES string of the molecule is O=S(=O)(Nc1ccc2nc(N[C@@H]3CCc4ccccc43)ccc2c1)N1CCC2(CC1)OCCO2. The molecule has 2 fully saturated rings. The van der Waals surface area contributed by atoms with Crippen LogP contribution in [0.3, 0.4) is 0 Å². The van der Waals surface area contributed by atoms with Crippen molar-refractivity contribution in [2.75, 3.05) is 36.3 Å². The summed E-state index contributed by atoms with van der Waals surface area (Å²) in [7, 11) is -3.66. The fourth-order valence-corrected chi connectivity index (χ4v) is 6.44. The molecule has 0 bridgehead atoms. The van der Waals surface area contributed by atoms with Gasteiger partial charge in [0.25, 0.3) is 0 Å². The predicted octanol–water partition coefficient (Wildman–Crippen LogP) is 3.83. The number of hydrogen-bond donors (Lipinski definition) is 2. The number of hydrogen-bond acceptors (Lipinski definition) is 6. The Morgan fingerprint density at radius 3 is 2.62 bits per heavy atom. The predicted molar refractivity (Wildman–Crippen MR) is 131 cm³/mol. The number of aryl methyl sites for hydroxylation is 1. The van der Waals surface area contributed by atoms with E-state index < -0.39 is 16.0 Å². The summed E-state index contributed by atoms with van der Waals surface area (Å²) in [6, 6.07) is 18.1. The zero-order valence-corrected chi connectivity index (χ0v) is 19.7. The molecule has 1 atom stereocenters. The molecule has 0 radical (unpaired) electrons. The minimum Gasteiger partial charge on any atom is -0.363 e. The molecule has 3 aromatic rings. The van der Waals surface area contributed by atoms with E-state index in [9.17, 15) is 8.42 Å². The smallest absolute Gasteiger partial charge is 0.301 e. The van der Waals surface area contributed by atoms with Gasteiger partial charge in [0.15, 0.2) is 5.79 Å². The van der Waals surface area contributed by atoms with Crippen LogP contribution in [0.1, 0.15) is 36.4 Å². The number of nitrogens with one attached hydrogen (secondary N) is 2. The average molecular weight is 481 g/mol. The summed E-state index contributed by atoms with van der Waals surface area (Å²) < 4.78 is 41.5. The Morgan fingerprint density at radius 1 is 1.00 bits per heavy atom. The van der Waals surface area contributed by atoms with Crippen molar-refractivity contribution >= 4 is 32.6 Å². The van der Waals surface area contributed by atoms with E-state index >= 15 is 0 Å². The topological polar surface area (TPSA) is 92.8 Å². The van der Waals surface area contributed by atoms with E-state index in [2.05, 4.69) is 34.3 Å². The van der Waals surface area contributed by atoms with Crippen molar-refractivity contribution in [3.05, 3.63) is 65.7 Å². The number of nitrogens with zero attached hydrogens (tertiary/aromatic N) is 2. The van der Waals surface area contributed by atoms with E-state index in [0.29, 0.717) is 44.8 Å². The van der Waals surface area contributed by atoms with Gasteiger partial charge in [0.2, 0.25) is 0 Å². The molecule has 6 rings (SSSR count). The lowest BCUT2D eigenvalue weighted by atomic mass is 10.1. The van der Waals surface area contributed by atoms with Gasteiger partial charge in [-0.25, -0.2) is 4.98 Å². The maximum absolute atomic E-state index is 13.0. The monoisotopic (exact) mass is 480 g/mol. The zero-order chi connectivity index (χ0) is 23.2. The van der Waals surface area contributed by atoms with Crippen LogP contribution in [0.15, 0.2) is 54.6 Å². The second kappa shape index (κ2) is 8.49. The van der Waals surface area contributed by atoms with Gasteiger partial charge in [-0.2, -0.15) is 12.7 Å². The van der Waals surface area contributed by atoms with Gasteiger partial charge in [-0.15, -0.1) is 0 Å². The highest BCUT2D eigenvalue weighted by atomic mass is 32.2. The zero-order valence-electron chi connectivity index (χ0n) is 18.9. The van der Waals surface area contributed by atoms with Crippen molar-refractivity contribution in [1.82, 2.24) is 9.29 Å².